The van der Waals surface area contributed by atoms with Crippen molar-refractivity contribution >= 4 is 22.4 Å². The molecule has 0 aliphatic carbocycles. The first-order valence-electron chi connectivity index (χ1n) is 7.45. The highest BCUT2D eigenvalue weighted by Crippen LogP contribution is 2.24. The number of amides is 1. The molecule has 0 spiro atoms. The molecule has 5 nitrogen and oxygen atoms in total. The van der Waals surface area contributed by atoms with E-state index in [1.165, 1.54) is 23.5 Å². The Labute approximate surface area is 138 Å². The van der Waals surface area contributed by atoms with Crippen LogP contribution in [-0.2, 0) is 9.53 Å². The van der Waals surface area contributed by atoms with Gasteiger partial charge in [0.15, 0.2) is 5.13 Å². The molecule has 122 valence electrons. The van der Waals surface area contributed by atoms with Gasteiger partial charge in [-0.3, -0.25) is 9.69 Å². The molecule has 3 rings (SSSR count). The Balaban J connectivity index is 1.63. The van der Waals surface area contributed by atoms with E-state index in [9.17, 15) is 9.18 Å². The molecule has 1 saturated heterocycles. The lowest BCUT2D eigenvalue weighted by atomic mass is 10.1. The lowest BCUT2D eigenvalue weighted by Gasteiger charge is -2.36. The Hall–Kier alpha value is -1.83. The third kappa shape index (κ3) is 3.93. The summed E-state index contributed by atoms with van der Waals surface area (Å²) in [7, 11) is 0. The number of nitrogens with zero attached hydrogens (tertiary/aromatic N) is 2. The molecular formula is C16H18FN3O2S. The second-order valence-corrected chi connectivity index (χ2v) is 6.30. The van der Waals surface area contributed by atoms with E-state index in [-0.39, 0.29) is 23.9 Å². The molecule has 1 N–H and O–H groups in total. The topological polar surface area (TPSA) is 54.5 Å². The van der Waals surface area contributed by atoms with Crippen molar-refractivity contribution < 1.29 is 13.9 Å². The van der Waals surface area contributed by atoms with E-state index in [2.05, 4.69) is 15.2 Å². The maximum atomic E-state index is 13.0. The standard InChI is InChI=1S/C16H18FN3O2S/c1-11(15(21)19-16-18-6-9-23-16)20-7-8-22-14(10-20)12-2-4-13(17)5-3-12/h2-6,9,11,14H,7-8,10H2,1H3,(H,18,19,21)/t11-,14+/m1/s1. The van der Waals surface area contributed by atoms with Crippen molar-refractivity contribution in [3.05, 3.63) is 47.2 Å². The summed E-state index contributed by atoms with van der Waals surface area (Å²) in [6.07, 6.45) is 1.50. The number of ether oxygens (including phenoxy) is 1. The van der Waals surface area contributed by atoms with Crippen LogP contribution in [0.15, 0.2) is 35.8 Å². The Morgan fingerprint density at radius 1 is 1.48 bits per heavy atom. The zero-order valence-electron chi connectivity index (χ0n) is 12.7. The molecule has 2 atom stereocenters. The van der Waals surface area contributed by atoms with E-state index in [0.29, 0.717) is 24.8 Å². The van der Waals surface area contributed by atoms with Crippen molar-refractivity contribution in [1.82, 2.24) is 9.88 Å². The van der Waals surface area contributed by atoms with Crippen molar-refractivity contribution in [2.24, 2.45) is 0 Å². The summed E-state index contributed by atoms with van der Waals surface area (Å²) in [5, 5.41) is 5.24. The van der Waals surface area contributed by atoms with Gasteiger partial charge < -0.3 is 10.1 Å². The van der Waals surface area contributed by atoms with Crippen molar-refractivity contribution in [2.45, 2.75) is 19.1 Å². The lowest BCUT2D eigenvalue weighted by Crippen LogP contribution is -2.48. The van der Waals surface area contributed by atoms with Gasteiger partial charge in [-0.25, -0.2) is 9.37 Å². The van der Waals surface area contributed by atoms with Gasteiger partial charge in [-0.1, -0.05) is 12.1 Å². The van der Waals surface area contributed by atoms with Crippen LogP contribution < -0.4 is 5.32 Å². The molecule has 23 heavy (non-hydrogen) atoms. The summed E-state index contributed by atoms with van der Waals surface area (Å²) < 4.78 is 18.8. The Morgan fingerprint density at radius 3 is 2.96 bits per heavy atom. The number of rotatable bonds is 4. The highest BCUT2D eigenvalue weighted by Gasteiger charge is 2.29. The van der Waals surface area contributed by atoms with Crippen LogP contribution >= 0.6 is 11.3 Å². The summed E-state index contributed by atoms with van der Waals surface area (Å²) in [6, 6.07) is 6.02. The summed E-state index contributed by atoms with van der Waals surface area (Å²) in [6.45, 7) is 3.69. The van der Waals surface area contributed by atoms with Crippen LogP contribution in [-0.4, -0.2) is 41.5 Å². The number of carbonyl (C=O) groups excluding carboxylic acids is 1. The number of halogens is 1. The minimum Gasteiger partial charge on any atom is -0.371 e. The number of nitrogens with one attached hydrogen (secondary N) is 1. The SMILES string of the molecule is C[C@H](C(=O)Nc1nccs1)N1CCO[C@H](c2ccc(F)cc2)C1. The molecule has 2 heterocycles. The van der Waals surface area contributed by atoms with Gasteiger partial charge in [-0.05, 0) is 24.6 Å². The van der Waals surface area contributed by atoms with Crippen LogP contribution in [0, 0.1) is 5.82 Å². The van der Waals surface area contributed by atoms with E-state index in [1.807, 2.05) is 12.3 Å². The third-order valence-corrected chi connectivity index (χ3v) is 4.62. The van der Waals surface area contributed by atoms with Gasteiger partial charge >= 0.3 is 0 Å². The van der Waals surface area contributed by atoms with E-state index in [1.54, 1.807) is 18.3 Å². The predicted octanol–water partition coefficient (Wildman–Crippen LogP) is 2.68. The van der Waals surface area contributed by atoms with Crippen LogP contribution in [0.4, 0.5) is 9.52 Å². The molecular weight excluding hydrogens is 317 g/mol. The van der Waals surface area contributed by atoms with Crippen molar-refractivity contribution in [3.8, 4) is 0 Å². The second-order valence-electron chi connectivity index (χ2n) is 5.41. The normalized spacial score (nSPS) is 20.2. The Bertz CT molecular complexity index is 648. The molecule has 0 unspecified atom stereocenters. The van der Waals surface area contributed by atoms with Gasteiger partial charge in [0.1, 0.15) is 5.82 Å². The van der Waals surface area contributed by atoms with Gasteiger partial charge in [-0.15, -0.1) is 11.3 Å². The predicted molar refractivity (Wildman–Crippen MR) is 86.9 cm³/mol. The molecule has 1 aliphatic rings. The van der Waals surface area contributed by atoms with Crippen molar-refractivity contribution in [2.75, 3.05) is 25.0 Å². The van der Waals surface area contributed by atoms with Crippen LogP contribution in [0.5, 0.6) is 0 Å². The van der Waals surface area contributed by atoms with Crippen molar-refractivity contribution in [1.29, 1.82) is 0 Å². The van der Waals surface area contributed by atoms with Crippen LogP contribution in [0.25, 0.3) is 0 Å². The van der Waals surface area contributed by atoms with E-state index >= 15 is 0 Å². The minimum absolute atomic E-state index is 0.0836. The molecule has 1 aliphatic heterocycles. The molecule has 1 amide bonds. The largest absolute Gasteiger partial charge is 0.371 e. The highest BCUT2D eigenvalue weighted by atomic mass is 32.1. The number of hydrogen-bond acceptors (Lipinski definition) is 5. The first-order chi connectivity index (χ1) is 11.1. The van der Waals surface area contributed by atoms with Gasteiger partial charge in [0.2, 0.25) is 5.91 Å². The average Bonchev–Trinajstić information content (AvgIpc) is 3.08. The molecule has 1 aromatic heterocycles. The summed E-state index contributed by atoms with van der Waals surface area (Å²) in [4.78, 5) is 18.5. The van der Waals surface area contributed by atoms with Crippen LogP contribution in [0.2, 0.25) is 0 Å². The molecule has 0 saturated carbocycles. The first-order valence-corrected chi connectivity index (χ1v) is 8.33. The molecule has 0 radical (unpaired) electrons. The highest BCUT2D eigenvalue weighted by molar-refractivity contribution is 7.13. The van der Waals surface area contributed by atoms with Gasteiger partial charge in [-0.2, -0.15) is 0 Å². The van der Waals surface area contributed by atoms with Gasteiger partial charge in [0, 0.05) is 24.7 Å². The fourth-order valence-electron chi connectivity index (χ4n) is 2.56. The summed E-state index contributed by atoms with van der Waals surface area (Å²) in [5.74, 6) is -0.350. The van der Waals surface area contributed by atoms with Crippen LogP contribution in [0.1, 0.15) is 18.6 Å². The Morgan fingerprint density at radius 2 is 2.26 bits per heavy atom. The molecule has 2 aromatic rings. The molecule has 7 heteroatoms. The number of morpholine rings is 1. The Kier molecular flexibility index (Phi) is 5.00. The maximum Gasteiger partial charge on any atom is 0.243 e. The zero-order chi connectivity index (χ0) is 16.2. The van der Waals surface area contributed by atoms with Crippen molar-refractivity contribution in [3.63, 3.8) is 0 Å². The fourth-order valence-corrected chi connectivity index (χ4v) is 3.09. The average molecular weight is 335 g/mol. The monoisotopic (exact) mass is 335 g/mol. The number of thiazole rings is 1. The number of anilines is 1. The quantitative estimate of drug-likeness (QED) is 0.933. The smallest absolute Gasteiger partial charge is 0.243 e. The lowest BCUT2D eigenvalue weighted by molar-refractivity contribution is -0.124. The maximum absolute atomic E-state index is 13.0. The van der Waals surface area contributed by atoms with E-state index < -0.39 is 0 Å². The summed E-state index contributed by atoms with van der Waals surface area (Å²) >= 11 is 1.39. The van der Waals surface area contributed by atoms with Gasteiger partial charge in [0.25, 0.3) is 0 Å². The zero-order valence-corrected chi connectivity index (χ0v) is 13.6. The molecule has 0 bridgehead atoms. The van der Waals surface area contributed by atoms with E-state index in [4.69, 9.17) is 4.74 Å². The fraction of sp³-hybridized carbons (Fsp3) is 0.375. The number of aromatic nitrogens is 1. The van der Waals surface area contributed by atoms with Gasteiger partial charge in [0.05, 0.1) is 18.8 Å². The summed E-state index contributed by atoms with van der Waals surface area (Å²) in [5.41, 5.74) is 0.920. The van der Waals surface area contributed by atoms with Crippen LogP contribution in [0.3, 0.4) is 0 Å². The molecule has 1 aromatic carbocycles. The number of carbonyl (C=O) groups is 1. The minimum atomic E-state index is -0.286. The molecule has 1 fully saturated rings. The first kappa shape index (κ1) is 16.0. The number of hydrogen-bond donors (Lipinski definition) is 1. The van der Waals surface area contributed by atoms with E-state index in [0.717, 1.165) is 5.56 Å². The second kappa shape index (κ2) is 7.16. The third-order valence-electron chi connectivity index (χ3n) is 3.93. The number of benzene rings is 1.